The maximum atomic E-state index is 12.3. The molecule has 1 unspecified atom stereocenters. The Hall–Kier alpha value is -3.12. The van der Waals surface area contributed by atoms with Crippen molar-refractivity contribution in [2.24, 2.45) is 0 Å². The van der Waals surface area contributed by atoms with Crippen LogP contribution in [0.3, 0.4) is 0 Å². The number of alkyl halides is 3. The molecule has 4 rings (SSSR count). The molecular formula is C22H25F3N6O2S. The normalized spacial score (nSPS) is 15.9. The number of carbonyl (C=O) groups is 1. The topological polar surface area (TPSA) is 82.0 Å². The molecule has 2 aromatic heterocycles. The molecule has 3 aromatic rings. The molecule has 2 N–H and O–H groups in total. The SMILES string of the molecule is CCS(=O)N1CCN(c2ccn3c(-c4cccc(NC(=O)NCC(F)(F)F)c4)cnc3c2)CC1. The third kappa shape index (κ3) is 5.68. The molecule has 0 saturated carbocycles. The second-order valence-electron chi connectivity index (χ2n) is 7.79. The second kappa shape index (κ2) is 10.0. The van der Waals surface area contributed by atoms with Gasteiger partial charge < -0.3 is 15.5 Å². The molecule has 1 aliphatic rings. The largest absolute Gasteiger partial charge is 0.405 e. The van der Waals surface area contributed by atoms with Crippen molar-refractivity contribution in [3.8, 4) is 11.3 Å². The molecule has 1 saturated heterocycles. The van der Waals surface area contributed by atoms with E-state index in [1.807, 2.05) is 40.0 Å². The summed E-state index contributed by atoms with van der Waals surface area (Å²) in [4.78, 5) is 18.5. The van der Waals surface area contributed by atoms with E-state index in [1.54, 1.807) is 29.7 Å². The first-order chi connectivity index (χ1) is 16.2. The van der Waals surface area contributed by atoms with E-state index >= 15 is 0 Å². The molecule has 3 heterocycles. The predicted molar refractivity (Wildman–Crippen MR) is 126 cm³/mol. The first-order valence-corrected chi connectivity index (χ1v) is 12.1. The van der Waals surface area contributed by atoms with E-state index in [0.29, 0.717) is 11.4 Å². The molecule has 12 heteroatoms. The van der Waals surface area contributed by atoms with E-state index in [9.17, 15) is 22.2 Å². The number of nitrogens with zero attached hydrogens (tertiary/aromatic N) is 4. The Morgan fingerprint density at radius 3 is 2.62 bits per heavy atom. The molecule has 1 aliphatic heterocycles. The second-order valence-corrected chi connectivity index (χ2v) is 9.52. The third-order valence-electron chi connectivity index (χ3n) is 5.50. The number of pyridine rings is 1. The van der Waals surface area contributed by atoms with Crippen LogP contribution in [-0.4, -0.2) is 68.6 Å². The van der Waals surface area contributed by atoms with Crippen molar-refractivity contribution in [2.45, 2.75) is 13.1 Å². The fraction of sp³-hybridized carbons (Fsp3) is 0.364. The summed E-state index contributed by atoms with van der Waals surface area (Å²) in [6, 6.07) is 9.88. The number of piperazine rings is 1. The van der Waals surface area contributed by atoms with Crippen molar-refractivity contribution < 1.29 is 22.2 Å². The molecule has 1 aromatic carbocycles. The van der Waals surface area contributed by atoms with Gasteiger partial charge in [-0.05, 0) is 18.2 Å². The lowest BCUT2D eigenvalue weighted by Gasteiger charge is -2.35. The number of halogens is 3. The summed E-state index contributed by atoms with van der Waals surface area (Å²) >= 11 is 0. The van der Waals surface area contributed by atoms with Crippen LogP contribution < -0.4 is 15.5 Å². The van der Waals surface area contributed by atoms with Crippen molar-refractivity contribution in [2.75, 3.05) is 48.7 Å². The molecule has 0 aliphatic carbocycles. The molecular weight excluding hydrogens is 469 g/mol. The van der Waals surface area contributed by atoms with Gasteiger partial charge in [-0.15, -0.1) is 0 Å². The van der Waals surface area contributed by atoms with Gasteiger partial charge in [0.1, 0.15) is 12.2 Å². The van der Waals surface area contributed by atoms with Crippen LogP contribution in [-0.2, 0) is 11.0 Å². The number of anilines is 2. The number of aromatic nitrogens is 2. The number of rotatable bonds is 6. The quantitative estimate of drug-likeness (QED) is 0.550. The summed E-state index contributed by atoms with van der Waals surface area (Å²) in [6.07, 6.45) is -0.847. The van der Waals surface area contributed by atoms with E-state index in [1.165, 1.54) is 0 Å². The minimum absolute atomic E-state index is 0.367. The highest BCUT2D eigenvalue weighted by Gasteiger charge is 2.27. The number of hydrogen-bond acceptors (Lipinski definition) is 4. The van der Waals surface area contributed by atoms with Gasteiger partial charge >= 0.3 is 12.2 Å². The van der Waals surface area contributed by atoms with E-state index in [2.05, 4.69) is 15.2 Å². The zero-order valence-electron chi connectivity index (χ0n) is 18.5. The lowest BCUT2D eigenvalue weighted by atomic mass is 10.1. The van der Waals surface area contributed by atoms with Gasteiger partial charge in [0.05, 0.1) is 22.9 Å². The third-order valence-corrected chi connectivity index (χ3v) is 6.94. The molecule has 182 valence electrons. The van der Waals surface area contributed by atoms with Gasteiger partial charge in [-0.3, -0.25) is 4.40 Å². The van der Waals surface area contributed by atoms with Crippen LogP contribution in [0.25, 0.3) is 16.9 Å². The Bertz CT molecular complexity index is 1190. The first-order valence-electron chi connectivity index (χ1n) is 10.8. The number of carbonyl (C=O) groups excluding carboxylic acids is 1. The van der Waals surface area contributed by atoms with Crippen molar-refractivity contribution in [3.05, 3.63) is 48.8 Å². The Morgan fingerprint density at radius 1 is 1.15 bits per heavy atom. The van der Waals surface area contributed by atoms with Gasteiger partial charge in [-0.1, -0.05) is 19.1 Å². The van der Waals surface area contributed by atoms with Gasteiger partial charge in [0.15, 0.2) is 0 Å². The maximum absolute atomic E-state index is 12.3. The average molecular weight is 495 g/mol. The number of fused-ring (bicyclic) bond motifs is 1. The smallest absolute Gasteiger partial charge is 0.369 e. The lowest BCUT2D eigenvalue weighted by Crippen LogP contribution is -2.47. The van der Waals surface area contributed by atoms with E-state index in [-0.39, 0.29) is 0 Å². The Balaban J connectivity index is 1.47. The van der Waals surface area contributed by atoms with Gasteiger partial charge in [-0.25, -0.2) is 18.3 Å². The van der Waals surface area contributed by atoms with Gasteiger partial charge in [0, 0.05) is 61.1 Å². The minimum atomic E-state index is -4.48. The van der Waals surface area contributed by atoms with Crippen molar-refractivity contribution in [1.29, 1.82) is 0 Å². The molecule has 8 nitrogen and oxygen atoms in total. The highest BCUT2D eigenvalue weighted by Crippen LogP contribution is 2.26. The molecule has 0 bridgehead atoms. The molecule has 1 atom stereocenters. The summed E-state index contributed by atoms with van der Waals surface area (Å²) in [5.74, 6) is 0.623. The Kier molecular flexibility index (Phi) is 7.08. The summed E-state index contributed by atoms with van der Waals surface area (Å²) in [5.41, 5.74) is 3.68. The van der Waals surface area contributed by atoms with Crippen LogP contribution in [0.2, 0.25) is 0 Å². The van der Waals surface area contributed by atoms with Crippen LogP contribution in [0, 0.1) is 0 Å². The van der Waals surface area contributed by atoms with Crippen molar-refractivity contribution in [3.63, 3.8) is 0 Å². The summed E-state index contributed by atoms with van der Waals surface area (Å²) in [6.45, 7) is 3.54. The van der Waals surface area contributed by atoms with Crippen LogP contribution in [0.4, 0.5) is 29.3 Å². The fourth-order valence-electron chi connectivity index (χ4n) is 3.82. The highest BCUT2D eigenvalue weighted by molar-refractivity contribution is 7.82. The van der Waals surface area contributed by atoms with Crippen LogP contribution in [0.15, 0.2) is 48.8 Å². The Morgan fingerprint density at radius 2 is 1.91 bits per heavy atom. The first kappa shape index (κ1) is 24.0. The number of imidazole rings is 1. The zero-order valence-corrected chi connectivity index (χ0v) is 19.3. The number of urea groups is 1. The summed E-state index contributed by atoms with van der Waals surface area (Å²) < 4.78 is 52.8. The van der Waals surface area contributed by atoms with Gasteiger partial charge in [0.2, 0.25) is 0 Å². The summed E-state index contributed by atoms with van der Waals surface area (Å²) in [5, 5.41) is 4.21. The van der Waals surface area contributed by atoms with Crippen LogP contribution >= 0.6 is 0 Å². The molecule has 2 amide bonds. The minimum Gasteiger partial charge on any atom is -0.369 e. The number of hydrogen-bond donors (Lipinski definition) is 2. The number of benzene rings is 1. The average Bonchev–Trinajstić information content (AvgIpc) is 3.25. The van der Waals surface area contributed by atoms with Crippen LogP contribution in [0.1, 0.15) is 6.92 Å². The maximum Gasteiger partial charge on any atom is 0.405 e. The highest BCUT2D eigenvalue weighted by atomic mass is 32.2. The predicted octanol–water partition coefficient (Wildman–Crippen LogP) is 3.49. The van der Waals surface area contributed by atoms with Crippen molar-refractivity contribution in [1.82, 2.24) is 19.0 Å². The van der Waals surface area contributed by atoms with E-state index in [4.69, 9.17) is 0 Å². The van der Waals surface area contributed by atoms with E-state index in [0.717, 1.165) is 48.8 Å². The zero-order chi connectivity index (χ0) is 24.3. The standard InChI is InChI=1S/C22H25F3N6O2S/c1-2-34(33)30-10-8-29(9-11-30)18-6-7-31-19(14-26-20(31)13-18)16-4-3-5-17(12-16)28-21(32)27-15-22(23,24)25/h3-7,12-14H,2,8-11,15H2,1H3,(H2,27,28,32). The van der Waals surface area contributed by atoms with Crippen LogP contribution in [0.5, 0.6) is 0 Å². The monoisotopic (exact) mass is 494 g/mol. The molecule has 1 fully saturated rings. The summed E-state index contributed by atoms with van der Waals surface area (Å²) in [7, 11) is -0.926. The van der Waals surface area contributed by atoms with E-state index < -0.39 is 29.7 Å². The fourth-order valence-corrected chi connectivity index (χ4v) is 4.76. The van der Waals surface area contributed by atoms with Gasteiger partial charge in [-0.2, -0.15) is 13.2 Å². The molecule has 0 radical (unpaired) electrons. The lowest BCUT2D eigenvalue weighted by molar-refractivity contribution is -0.122. The van der Waals surface area contributed by atoms with Crippen molar-refractivity contribution >= 4 is 34.0 Å². The molecule has 34 heavy (non-hydrogen) atoms. The number of amides is 2. The number of nitrogens with one attached hydrogen (secondary N) is 2. The molecule has 0 spiro atoms. The Labute approximate surface area is 197 Å². The van der Waals surface area contributed by atoms with Gasteiger partial charge in [0.25, 0.3) is 0 Å².